The summed E-state index contributed by atoms with van der Waals surface area (Å²) in [4.78, 5) is 9.94. The van der Waals surface area contributed by atoms with Crippen molar-refractivity contribution < 1.29 is 0 Å². The van der Waals surface area contributed by atoms with Crippen LogP contribution in [0, 0.1) is 0 Å². The number of hydrogen-bond donors (Lipinski definition) is 3. The molecule has 1 aliphatic rings. The average molecular weight is 450 g/mol. The van der Waals surface area contributed by atoms with E-state index in [1.165, 1.54) is 16.9 Å². The minimum absolute atomic E-state index is 0.263. The van der Waals surface area contributed by atoms with Gasteiger partial charge in [0, 0.05) is 40.4 Å². The summed E-state index contributed by atoms with van der Waals surface area (Å²) in [5, 5.41) is 9.06. The van der Waals surface area contributed by atoms with Crippen LogP contribution >= 0.6 is 22.9 Å². The van der Waals surface area contributed by atoms with Crippen LogP contribution in [0.4, 0.5) is 10.8 Å². The first-order chi connectivity index (χ1) is 15.1. The second kappa shape index (κ2) is 9.78. The Bertz CT molecular complexity index is 1140. The summed E-state index contributed by atoms with van der Waals surface area (Å²) in [5.74, 6) is 0.309. The summed E-state index contributed by atoms with van der Waals surface area (Å²) in [6.45, 7) is 1.50. The zero-order valence-corrected chi connectivity index (χ0v) is 18.3. The third-order valence-corrected chi connectivity index (χ3v) is 5.96. The van der Waals surface area contributed by atoms with E-state index in [0.29, 0.717) is 33.8 Å². The van der Waals surface area contributed by atoms with E-state index in [0.717, 1.165) is 17.0 Å². The van der Waals surface area contributed by atoms with Gasteiger partial charge in [-0.05, 0) is 17.7 Å². The first kappa shape index (κ1) is 21.1. The highest BCUT2D eigenvalue weighted by atomic mass is 35.5. The van der Waals surface area contributed by atoms with Crippen molar-refractivity contribution >= 4 is 39.6 Å². The number of amidine groups is 1. The minimum atomic E-state index is -0.263. The molecule has 2 heterocycles. The lowest BCUT2D eigenvalue weighted by Crippen LogP contribution is -2.16. The lowest BCUT2D eigenvalue weighted by molar-refractivity contribution is 0.700. The highest BCUT2D eigenvalue weighted by Gasteiger charge is 2.12. The van der Waals surface area contributed by atoms with Crippen LogP contribution in [-0.4, -0.2) is 10.8 Å². The number of halogens is 1. The van der Waals surface area contributed by atoms with Crippen LogP contribution in [-0.2, 0) is 13.1 Å². The predicted molar refractivity (Wildman–Crippen MR) is 130 cm³/mol. The molecule has 0 fully saturated rings. The SMILES string of the molecule is NC(=Nc1ncc(CNCc2ccccc2)s1)c1cc(C2[N-]C=CC=C2Cl)ccc1N. The third-order valence-electron chi connectivity index (χ3n) is 4.74. The molecule has 5 N–H and O–H groups in total. The van der Waals surface area contributed by atoms with Crippen molar-refractivity contribution in [2.45, 2.75) is 19.1 Å². The van der Waals surface area contributed by atoms with Gasteiger partial charge in [0.15, 0.2) is 0 Å². The van der Waals surface area contributed by atoms with Crippen LogP contribution in [0.3, 0.4) is 0 Å². The van der Waals surface area contributed by atoms with E-state index < -0.39 is 0 Å². The Kier molecular flexibility index (Phi) is 6.66. The summed E-state index contributed by atoms with van der Waals surface area (Å²) < 4.78 is 0. The van der Waals surface area contributed by atoms with Crippen LogP contribution < -0.4 is 16.8 Å². The molecule has 6 nitrogen and oxygen atoms in total. The monoisotopic (exact) mass is 449 g/mol. The molecule has 0 saturated carbocycles. The van der Waals surface area contributed by atoms with Crippen LogP contribution in [0.25, 0.3) is 5.32 Å². The Morgan fingerprint density at radius 3 is 2.84 bits per heavy atom. The fraction of sp³-hybridized carbons (Fsp3) is 0.130. The summed E-state index contributed by atoms with van der Waals surface area (Å²) in [6.07, 6.45) is 7.18. The standard InChI is InChI=1S/C23H22ClN6S/c24-19-7-4-10-28-21(19)16-8-9-20(25)18(11-16)22(26)30-23-29-14-17(31-23)13-27-12-15-5-2-1-3-6-15/h1-11,14,21,27H,12-13,25H2,(H2,26,29,30)/q-1. The van der Waals surface area contributed by atoms with Crippen molar-refractivity contribution in [1.82, 2.24) is 10.3 Å². The van der Waals surface area contributed by atoms with E-state index >= 15 is 0 Å². The number of thiazole rings is 1. The summed E-state index contributed by atoms with van der Waals surface area (Å²) in [5.41, 5.74) is 15.8. The summed E-state index contributed by atoms with van der Waals surface area (Å²) in [7, 11) is 0. The smallest absolute Gasteiger partial charge is 0.211 e. The molecule has 158 valence electrons. The number of hydrogen-bond acceptors (Lipinski definition) is 5. The number of rotatable bonds is 7. The Labute approximate surface area is 190 Å². The van der Waals surface area contributed by atoms with E-state index in [1.807, 2.05) is 48.7 Å². The molecule has 4 rings (SSSR count). The van der Waals surface area contributed by atoms with Crippen LogP contribution in [0.2, 0.25) is 0 Å². The number of anilines is 1. The van der Waals surface area contributed by atoms with Crippen LogP contribution in [0.5, 0.6) is 0 Å². The Balaban J connectivity index is 1.45. The average Bonchev–Trinajstić information content (AvgIpc) is 3.22. The number of nitrogens with zero attached hydrogens (tertiary/aromatic N) is 3. The lowest BCUT2D eigenvalue weighted by atomic mass is 10.0. The molecule has 0 radical (unpaired) electrons. The van der Waals surface area contributed by atoms with Crippen molar-refractivity contribution in [1.29, 1.82) is 0 Å². The number of allylic oxidation sites excluding steroid dienone is 2. The van der Waals surface area contributed by atoms with Gasteiger partial charge in [-0.3, -0.25) is 0 Å². The van der Waals surface area contributed by atoms with Gasteiger partial charge >= 0.3 is 0 Å². The number of nitrogens with two attached hydrogens (primary N) is 2. The molecule has 0 saturated heterocycles. The van der Waals surface area contributed by atoms with Crippen LogP contribution in [0.1, 0.15) is 27.6 Å². The number of benzene rings is 2. The fourth-order valence-electron chi connectivity index (χ4n) is 3.16. The normalized spacial score (nSPS) is 16.1. The minimum Gasteiger partial charge on any atom is -0.680 e. The molecule has 1 aliphatic heterocycles. The molecule has 0 amide bonds. The van der Waals surface area contributed by atoms with Gasteiger partial charge in [-0.15, -0.1) is 0 Å². The largest absolute Gasteiger partial charge is 0.680 e. The Morgan fingerprint density at radius 1 is 1.19 bits per heavy atom. The van der Waals surface area contributed by atoms with Gasteiger partial charge in [0.25, 0.3) is 0 Å². The first-order valence-electron chi connectivity index (χ1n) is 9.75. The summed E-state index contributed by atoms with van der Waals surface area (Å²) >= 11 is 7.80. The molecule has 1 atom stereocenters. The molecule has 8 heteroatoms. The van der Waals surface area contributed by atoms with Gasteiger partial charge in [-0.1, -0.05) is 83.1 Å². The molecule has 31 heavy (non-hydrogen) atoms. The molecule has 0 bridgehead atoms. The fourth-order valence-corrected chi connectivity index (χ4v) is 4.18. The maximum atomic E-state index is 6.31. The lowest BCUT2D eigenvalue weighted by Gasteiger charge is -2.32. The summed E-state index contributed by atoms with van der Waals surface area (Å²) in [6, 6.07) is 15.6. The van der Waals surface area contributed by atoms with Crippen molar-refractivity contribution in [2.75, 3.05) is 5.73 Å². The number of nitrogen functional groups attached to an aromatic ring is 1. The zero-order valence-electron chi connectivity index (χ0n) is 16.7. The van der Waals surface area contributed by atoms with Gasteiger partial charge in [0.1, 0.15) is 5.84 Å². The first-order valence-corrected chi connectivity index (χ1v) is 10.9. The zero-order chi connectivity index (χ0) is 21.6. The maximum Gasteiger partial charge on any atom is 0.211 e. The van der Waals surface area contributed by atoms with Crippen molar-refractivity contribution in [3.8, 4) is 0 Å². The quantitative estimate of drug-likeness (QED) is 0.264. The Hall–Kier alpha value is -3.13. The second-order valence-electron chi connectivity index (χ2n) is 6.99. The topological polar surface area (TPSA) is 103 Å². The Morgan fingerprint density at radius 2 is 2.03 bits per heavy atom. The van der Waals surface area contributed by atoms with Crippen molar-refractivity contribution in [2.24, 2.45) is 10.7 Å². The molecule has 0 aliphatic carbocycles. The van der Waals surface area contributed by atoms with E-state index in [4.69, 9.17) is 23.1 Å². The van der Waals surface area contributed by atoms with E-state index in [9.17, 15) is 0 Å². The van der Waals surface area contributed by atoms with Gasteiger partial charge < -0.3 is 22.1 Å². The molecule has 3 aromatic rings. The second-order valence-corrected chi connectivity index (χ2v) is 8.52. The molecule has 0 spiro atoms. The highest BCUT2D eigenvalue weighted by Crippen LogP contribution is 2.36. The molecule has 1 unspecified atom stereocenters. The van der Waals surface area contributed by atoms with Crippen LogP contribution in [0.15, 0.2) is 83.1 Å². The molecule has 1 aromatic heterocycles. The molecular weight excluding hydrogens is 428 g/mol. The van der Waals surface area contributed by atoms with Crippen molar-refractivity contribution in [3.05, 3.63) is 105 Å². The van der Waals surface area contributed by atoms with Gasteiger partial charge in [-0.2, -0.15) is 6.20 Å². The van der Waals surface area contributed by atoms with Gasteiger partial charge in [-0.25, -0.2) is 9.98 Å². The van der Waals surface area contributed by atoms with Crippen molar-refractivity contribution in [3.63, 3.8) is 0 Å². The van der Waals surface area contributed by atoms with E-state index in [-0.39, 0.29) is 6.04 Å². The number of nitrogens with one attached hydrogen (secondary N) is 1. The highest BCUT2D eigenvalue weighted by molar-refractivity contribution is 7.15. The molecular formula is C23H22ClN6S-. The molecule has 2 aromatic carbocycles. The number of aromatic nitrogens is 1. The maximum absolute atomic E-state index is 6.31. The van der Waals surface area contributed by atoms with Gasteiger partial charge in [0.2, 0.25) is 5.13 Å². The van der Waals surface area contributed by atoms with E-state index in [2.05, 4.69) is 32.7 Å². The third kappa shape index (κ3) is 5.32. The van der Waals surface area contributed by atoms with Gasteiger partial charge in [0.05, 0.1) is 0 Å². The predicted octanol–water partition coefficient (Wildman–Crippen LogP) is 5.12. The number of aliphatic imine (C=N–C) groups is 1. The van der Waals surface area contributed by atoms with E-state index in [1.54, 1.807) is 12.3 Å².